The molecule has 0 spiro atoms. The van der Waals surface area contributed by atoms with Crippen LogP contribution in [0.5, 0.6) is 0 Å². The highest BCUT2D eigenvalue weighted by molar-refractivity contribution is 5.86. The van der Waals surface area contributed by atoms with Crippen molar-refractivity contribution in [1.29, 1.82) is 0 Å². The van der Waals surface area contributed by atoms with Gasteiger partial charge in [0.2, 0.25) is 18.3 Å². The van der Waals surface area contributed by atoms with Gasteiger partial charge in [0, 0.05) is 36.8 Å². The second-order valence-electron chi connectivity index (χ2n) is 8.26. The molecule has 4 N–H and O–H groups in total. The minimum atomic E-state index is -2.98. The Hall–Kier alpha value is -2.37. The molecule has 32 heavy (non-hydrogen) atoms. The lowest BCUT2D eigenvalue weighted by Crippen LogP contribution is -2.48. The number of H-pyrrole nitrogens is 1. The van der Waals surface area contributed by atoms with E-state index in [1.54, 1.807) is 0 Å². The van der Waals surface area contributed by atoms with Gasteiger partial charge in [0.25, 0.3) is 6.43 Å². The topological polar surface area (TPSA) is 83.8 Å². The number of halogens is 7. The second-order valence-corrected chi connectivity index (χ2v) is 8.26. The predicted molar refractivity (Wildman–Crippen MR) is 102 cm³/mol. The molecule has 1 amide bonds. The molecule has 0 bridgehead atoms. The Kier molecular flexibility index (Phi) is 7.01. The van der Waals surface area contributed by atoms with E-state index in [0.717, 1.165) is 6.07 Å². The summed E-state index contributed by atoms with van der Waals surface area (Å²) in [6, 6.07) is 2.45. The number of hydrogen-bond acceptors (Lipinski definition) is 3. The Morgan fingerprint density at radius 2 is 1.78 bits per heavy atom. The highest BCUT2D eigenvalue weighted by Gasteiger charge is 2.41. The number of nitrogens with two attached hydrogens (primary N) is 1. The molecular formula is C20H23F7N4O. The number of benzene rings is 1. The van der Waals surface area contributed by atoms with E-state index in [1.165, 1.54) is 6.07 Å². The lowest BCUT2D eigenvalue weighted by molar-refractivity contribution is -0.124. The average molecular weight is 468 g/mol. The van der Waals surface area contributed by atoms with Gasteiger partial charge in [-0.25, -0.2) is 35.7 Å². The molecule has 1 aromatic carbocycles. The van der Waals surface area contributed by atoms with Crippen LogP contribution >= 0.6 is 0 Å². The number of imidazole rings is 1. The molecule has 1 aromatic heterocycles. The van der Waals surface area contributed by atoms with Crippen molar-refractivity contribution in [2.75, 3.05) is 6.54 Å². The zero-order valence-electron chi connectivity index (χ0n) is 16.9. The van der Waals surface area contributed by atoms with Crippen molar-refractivity contribution in [1.82, 2.24) is 15.3 Å². The van der Waals surface area contributed by atoms with E-state index in [1.807, 2.05) is 5.32 Å². The van der Waals surface area contributed by atoms with Crippen molar-refractivity contribution in [3.63, 3.8) is 0 Å². The molecule has 1 fully saturated rings. The third-order valence-electron chi connectivity index (χ3n) is 5.70. The Bertz CT molecular complexity index is 953. The third-order valence-corrected chi connectivity index (χ3v) is 5.70. The minimum absolute atomic E-state index is 0.0472. The summed E-state index contributed by atoms with van der Waals surface area (Å²) in [5, 5.41) is 1.84. The molecule has 1 aliphatic rings. The van der Waals surface area contributed by atoms with Crippen LogP contribution in [-0.2, 0) is 11.2 Å². The van der Waals surface area contributed by atoms with E-state index >= 15 is 4.39 Å². The quantitative estimate of drug-likeness (QED) is 0.506. The lowest BCUT2D eigenvalue weighted by Gasteiger charge is -2.36. The van der Waals surface area contributed by atoms with Crippen LogP contribution in [0.25, 0.3) is 11.0 Å². The number of rotatable bonds is 8. The molecule has 0 aliphatic heterocycles. The summed E-state index contributed by atoms with van der Waals surface area (Å²) in [5.41, 5.74) is 4.83. The molecule has 12 heteroatoms. The van der Waals surface area contributed by atoms with Gasteiger partial charge in [-0.2, -0.15) is 0 Å². The van der Waals surface area contributed by atoms with Crippen molar-refractivity contribution in [3.05, 3.63) is 29.3 Å². The number of carbonyl (C=O) groups is 1. The van der Waals surface area contributed by atoms with Gasteiger partial charge in [-0.05, 0) is 18.9 Å². The Morgan fingerprint density at radius 3 is 2.38 bits per heavy atom. The summed E-state index contributed by atoms with van der Waals surface area (Å²) in [6.45, 7) is -1.05. The third kappa shape index (κ3) is 5.70. The van der Waals surface area contributed by atoms with E-state index in [-0.39, 0.29) is 49.0 Å². The zero-order chi connectivity index (χ0) is 23.7. The fourth-order valence-electron chi connectivity index (χ4n) is 3.94. The molecule has 1 atom stereocenters. The lowest BCUT2D eigenvalue weighted by atomic mass is 9.78. The number of fused-ring (bicyclic) bond motifs is 1. The molecule has 3 rings (SSSR count). The Morgan fingerprint density at radius 1 is 1.12 bits per heavy atom. The van der Waals surface area contributed by atoms with Gasteiger partial charge in [-0.1, -0.05) is 6.07 Å². The highest BCUT2D eigenvalue weighted by Crippen LogP contribution is 2.39. The second kappa shape index (κ2) is 9.24. The zero-order valence-corrected chi connectivity index (χ0v) is 16.9. The molecule has 0 radical (unpaired) electrons. The molecule has 1 heterocycles. The molecular weight excluding hydrogens is 445 g/mol. The largest absolute Gasteiger partial charge is 0.350 e. The molecule has 1 aliphatic carbocycles. The molecule has 0 saturated heterocycles. The maximum Gasteiger partial charge on any atom is 0.255 e. The van der Waals surface area contributed by atoms with Crippen LogP contribution < -0.4 is 11.1 Å². The number of nitrogens with zero attached hydrogens (tertiary/aromatic N) is 1. The Balaban J connectivity index is 1.86. The van der Waals surface area contributed by atoms with E-state index in [0.29, 0.717) is 0 Å². The van der Waals surface area contributed by atoms with Gasteiger partial charge < -0.3 is 16.0 Å². The first-order valence-corrected chi connectivity index (χ1v) is 10.1. The minimum Gasteiger partial charge on any atom is -0.350 e. The van der Waals surface area contributed by atoms with Crippen molar-refractivity contribution >= 4 is 16.9 Å². The number of nitrogens with one attached hydrogen (secondary N) is 2. The predicted octanol–water partition coefficient (Wildman–Crippen LogP) is 4.27. The average Bonchev–Trinajstić information content (AvgIpc) is 3.10. The summed E-state index contributed by atoms with van der Waals surface area (Å²) < 4.78 is 92.7. The van der Waals surface area contributed by atoms with Gasteiger partial charge in [-0.3, -0.25) is 4.79 Å². The smallest absolute Gasteiger partial charge is 0.255 e. The number of alkyl halides is 6. The maximum atomic E-state index is 15.1. The van der Waals surface area contributed by atoms with Crippen LogP contribution in [0.15, 0.2) is 12.1 Å². The molecule has 2 aromatic rings. The molecule has 1 saturated carbocycles. The Labute approximate surface area is 178 Å². The standard InChI is InChI=1S/C20H23F7N4O/c21-13(22)7-11(18(32)29-9-14(23)24)10-1-2-12-17(16(10)25)31-15(30-12)8-19(28)3-5-20(26,27)6-4-19/h1-2,11,13-14H,3-9,28H2,(H,29,32)(H,30,31)/t11-/m0/s1. The van der Waals surface area contributed by atoms with Gasteiger partial charge in [0.05, 0.1) is 18.0 Å². The van der Waals surface area contributed by atoms with E-state index in [2.05, 4.69) is 9.97 Å². The van der Waals surface area contributed by atoms with Crippen molar-refractivity contribution in [3.8, 4) is 0 Å². The van der Waals surface area contributed by atoms with Crippen LogP contribution in [0, 0.1) is 5.82 Å². The first-order valence-electron chi connectivity index (χ1n) is 10.1. The maximum absolute atomic E-state index is 15.1. The number of amides is 1. The van der Waals surface area contributed by atoms with Crippen LogP contribution in [0.4, 0.5) is 30.7 Å². The van der Waals surface area contributed by atoms with Crippen LogP contribution in [-0.4, -0.2) is 46.7 Å². The van der Waals surface area contributed by atoms with E-state index in [9.17, 15) is 31.1 Å². The summed E-state index contributed by atoms with van der Waals surface area (Å²) in [7, 11) is 0. The molecule has 0 unspecified atom stereocenters. The van der Waals surface area contributed by atoms with Crippen LogP contribution in [0.3, 0.4) is 0 Å². The summed E-state index contributed by atoms with van der Waals surface area (Å²) in [5.74, 6) is -6.42. The summed E-state index contributed by atoms with van der Waals surface area (Å²) >= 11 is 0. The number of hydrogen-bond donors (Lipinski definition) is 3. The van der Waals surface area contributed by atoms with Crippen molar-refractivity contribution < 1.29 is 35.5 Å². The normalized spacial score (nSPS) is 18.9. The monoisotopic (exact) mass is 468 g/mol. The molecule has 178 valence electrons. The van der Waals surface area contributed by atoms with E-state index < -0.39 is 60.5 Å². The molecule has 5 nitrogen and oxygen atoms in total. The first kappa shape index (κ1) is 24.3. The number of carbonyl (C=O) groups excluding carboxylic acids is 1. The number of aromatic amines is 1. The van der Waals surface area contributed by atoms with Gasteiger partial charge >= 0.3 is 0 Å². The van der Waals surface area contributed by atoms with Gasteiger partial charge in [0.1, 0.15) is 11.3 Å². The summed E-state index contributed by atoms with van der Waals surface area (Å²) in [4.78, 5) is 19.1. The fraction of sp³-hybridized carbons (Fsp3) is 0.600. The van der Waals surface area contributed by atoms with Crippen molar-refractivity contribution in [2.24, 2.45) is 5.73 Å². The first-order chi connectivity index (χ1) is 14.9. The fourth-order valence-corrected chi connectivity index (χ4v) is 3.94. The number of aromatic nitrogens is 2. The van der Waals surface area contributed by atoms with Crippen LogP contribution in [0.1, 0.15) is 49.4 Å². The summed E-state index contributed by atoms with van der Waals surface area (Å²) in [6.07, 6.45) is -7.51. The SMILES string of the molecule is NC1(Cc2nc3c(F)c([C@H](CC(F)F)C(=O)NCC(F)F)ccc3[nH]2)CCC(F)(F)CC1. The van der Waals surface area contributed by atoms with Crippen LogP contribution in [0.2, 0.25) is 0 Å². The van der Waals surface area contributed by atoms with Crippen molar-refractivity contribution in [2.45, 2.75) is 68.8 Å². The van der Waals surface area contributed by atoms with E-state index in [4.69, 9.17) is 5.73 Å². The van der Waals surface area contributed by atoms with Gasteiger partial charge in [-0.15, -0.1) is 0 Å². The highest BCUT2D eigenvalue weighted by atomic mass is 19.3. The van der Waals surface area contributed by atoms with Gasteiger partial charge in [0.15, 0.2) is 5.82 Å².